The summed E-state index contributed by atoms with van der Waals surface area (Å²) in [7, 11) is -1.11. The average Bonchev–Trinajstić information content (AvgIpc) is 2.99. The van der Waals surface area contributed by atoms with Crippen LogP contribution in [0.2, 0.25) is 30.7 Å². The van der Waals surface area contributed by atoms with Crippen molar-refractivity contribution in [2.45, 2.75) is 32.4 Å². The molecular weight excluding hydrogens is 434 g/mol. The van der Waals surface area contributed by atoms with Gasteiger partial charge in [-0.3, -0.25) is 9.36 Å². The maximum Gasteiger partial charge on any atom is 0.255 e. The van der Waals surface area contributed by atoms with E-state index in [4.69, 9.17) is 16.3 Å². The van der Waals surface area contributed by atoms with Gasteiger partial charge in [-0.1, -0.05) is 31.2 Å². The molecule has 0 atom stereocenters. The summed E-state index contributed by atoms with van der Waals surface area (Å²) in [5.74, 6) is 0. The predicted octanol–water partition coefficient (Wildman–Crippen LogP) is 4.92. The van der Waals surface area contributed by atoms with Crippen molar-refractivity contribution in [1.82, 2.24) is 14.3 Å². The molecule has 0 bridgehead atoms. The van der Waals surface area contributed by atoms with Crippen LogP contribution in [0, 0.1) is 0 Å². The summed E-state index contributed by atoms with van der Waals surface area (Å²) >= 11 is 9.64. The monoisotopic (exact) mass is 453 g/mol. The number of rotatable bonds is 6. The van der Waals surface area contributed by atoms with E-state index in [-0.39, 0.29) is 5.56 Å². The van der Waals surface area contributed by atoms with Crippen molar-refractivity contribution in [3.63, 3.8) is 0 Å². The zero-order chi connectivity index (χ0) is 18.9. The average molecular weight is 455 g/mol. The van der Waals surface area contributed by atoms with Gasteiger partial charge in [-0.2, -0.15) is 5.10 Å². The van der Waals surface area contributed by atoms with Gasteiger partial charge < -0.3 is 4.74 Å². The predicted molar refractivity (Wildman–Crippen MR) is 112 cm³/mol. The second kappa shape index (κ2) is 7.68. The van der Waals surface area contributed by atoms with E-state index in [1.54, 1.807) is 27.6 Å². The first kappa shape index (κ1) is 19.4. The molecule has 1 aromatic carbocycles. The van der Waals surface area contributed by atoms with E-state index in [0.717, 1.165) is 28.0 Å². The lowest BCUT2D eigenvalue weighted by Crippen LogP contribution is -2.22. The summed E-state index contributed by atoms with van der Waals surface area (Å²) in [5, 5.41) is 5.81. The van der Waals surface area contributed by atoms with Crippen LogP contribution in [0.3, 0.4) is 0 Å². The highest BCUT2D eigenvalue weighted by Gasteiger charge is 2.13. The Morgan fingerprint density at radius 3 is 2.77 bits per heavy atom. The van der Waals surface area contributed by atoms with Crippen molar-refractivity contribution in [2.75, 3.05) is 6.61 Å². The Morgan fingerprint density at radius 1 is 1.27 bits per heavy atom. The molecule has 138 valence electrons. The molecule has 0 saturated heterocycles. The summed E-state index contributed by atoms with van der Waals surface area (Å²) in [4.78, 5) is 12.5. The largest absolute Gasteiger partial charge is 0.360 e. The van der Waals surface area contributed by atoms with Crippen molar-refractivity contribution >= 4 is 46.5 Å². The molecule has 3 aromatic rings. The highest BCUT2D eigenvalue weighted by atomic mass is 79.9. The van der Waals surface area contributed by atoms with Crippen molar-refractivity contribution in [2.24, 2.45) is 0 Å². The topological polar surface area (TPSA) is 49.0 Å². The summed E-state index contributed by atoms with van der Waals surface area (Å²) < 4.78 is 9.81. The molecule has 0 N–H and O–H groups in total. The van der Waals surface area contributed by atoms with Gasteiger partial charge >= 0.3 is 0 Å². The van der Waals surface area contributed by atoms with Crippen LogP contribution in [0.4, 0.5) is 0 Å². The van der Waals surface area contributed by atoms with Gasteiger partial charge in [0.15, 0.2) is 0 Å². The Bertz CT molecular complexity index is 994. The van der Waals surface area contributed by atoms with E-state index in [0.29, 0.717) is 17.4 Å². The van der Waals surface area contributed by atoms with Crippen molar-refractivity contribution in [3.8, 4) is 5.69 Å². The first-order valence-corrected chi connectivity index (χ1v) is 13.2. The number of pyridine rings is 1. The van der Waals surface area contributed by atoms with Crippen LogP contribution >= 0.6 is 27.5 Å². The number of benzene rings is 1. The minimum absolute atomic E-state index is 0.125. The van der Waals surface area contributed by atoms with E-state index in [2.05, 4.69) is 40.7 Å². The lowest BCUT2D eigenvalue weighted by Gasteiger charge is -2.15. The molecule has 0 radical (unpaired) electrons. The molecule has 0 unspecified atom stereocenters. The molecule has 0 spiro atoms. The first-order valence-electron chi connectivity index (χ1n) is 8.36. The summed E-state index contributed by atoms with van der Waals surface area (Å²) in [6.07, 6.45) is 3.49. The number of ether oxygens (including phenoxy) is 1. The third kappa shape index (κ3) is 4.46. The molecule has 0 fully saturated rings. The molecular formula is C18H21BrClN3O2Si. The molecule has 2 aromatic heterocycles. The summed E-state index contributed by atoms with van der Waals surface area (Å²) in [5.41, 5.74) is 1.33. The zero-order valence-corrected chi connectivity index (χ0v) is 18.3. The van der Waals surface area contributed by atoms with Gasteiger partial charge in [0.2, 0.25) is 0 Å². The third-order valence-corrected chi connectivity index (χ3v) is 6.53. The van der Waals surface area contributed by atoms with Gasteiger partial charge in [0, 0.05) is 35.6 Å². The standard InChI is InChI=1S/C18H21BrClN3O2Si/c1-26(2,3)7-6-25-12-22-11-15(10-21-22)23-17(24)5-4-13-8-14(20)9-16(19)18(13)23/h4-5,8-11H,6-7,12H2,1-3H3. The molecule has 0 aliphatic carbocycles. The Kier molecular flexibility index (Phi) is 5.72. The van der Waals surface area contributed by atoms with E-state index in [9.17, 15) is 4.79 Å². The Hall–Kier alpha value is -1.41. The molecule has 26 heavy (non-hydrogen) atoms. The van der Waals surface area contributed by atoms with Gasteiger partial charge in [0.05, 0.1) is 23.6 Å². The molecule has 0 saturated carbocycles. The van der Waals surface area contributed by atoms with Crippen LogP contribution in [-0.2, 0) is 11.5 Å². The highest BCUT2D eigenvalue weighted by Crippen LogP contribution is 2.28. The molecule has 2 heterocycles. The van der Waals surface area contributed by atoms with E-state index < -0.39 is 8.07 Å². The second-order valence-corrected chi connectivity index (χ2v) is 14.3. The summed E-state index contributed by atoms with van der Waals surface area (Å²) in [6, 6.07) is 8.03. The Labute approximate surface area is 166 Å². The summed E-state index contributed by atoms with van der Waals surface area (Å²) in [6.45, 7) is 8.05. The van der Waals surface area contributed by atoms with Crippen LogP contribution in [0.5, 0.6) is 0 Å². The number of fused-ring (bicyclic) bond motifs is 1. The molecule has 3 rings (SSSR count). The maximum atomic E-state index is 12.5. The fraction of sp³-hybridized carbons (Fsp3) is 0.333. The van der Waals surface area contributed by atoms with Gasteiger partial charge in [0.25, 0.3) is 5.56 Å². The normalized spacial score (nSPS) is 12.0. The number of halogens is 2. The smallest absolute Gasteiger partial charge is 0.255 e. The lowest BCUT2D eigenvalue weighted by molar-refractivity contribution is 0.0786. The molecule has 0 amide bonds. The Morgan fingerprint density at radius 2 is 2.04 bits per heavy atom. The molecule has 0 aliphatic rings. The zero-order valence-electron chi connectivity index (χ0n) is 15.0. The first-order chi connectivity index (χ1) is 12.2. The van der Waals surface area contributed by atoms with Gasteiger partial charge in [0.1, 0.15) is 6.73 Å². The number of hydrogen-bond acceptors (Lipinski definition) is 3. The fourth-order valence-corrected chi connectivity index (χ4v) is 4.39. The molecule has 5 nitrogen and oxygen atoms in total. The molecule has 8 heteroatoms. The number of nitrogens with zero attached hydrogens (tertiary/aromatic N) is 3. The van der Waals surface area contributed by atoms with Crippen LogP contribution < -0.4 is 5.56 Å². The molecule has 0 aliphatic heterocycles. The lowest BCUT2D eigenvalue weighted by atomic mass is 10.2. The number of hydrogen-bond donors (Lipinski definition) is 0. The fourth-order valence-electron chi connectivity index (χ4n) is 2.63. The Balaban J connectivity index is 1.88. The quantitative estimate of drug-likeness (QED) is 0.392. The minimum Gasteiger partial charge on any atom is -0.360 e. The van der Waals surface area contributed by atoms with Crippen molar-refractivity contribution in [1.29, 1.82) is 0 Å². The van der Waals surface area contributed by atoms with E-state index in [1.165, 1.54) is 6.07 Å². The van der Waals surface area contributed by atoms with Gasteiger partial charge in [-0.25, -0.2) is 4.68 Å². The van der Waals surface area contributed by atoms with Gasteiger partial charge in [-0.15, -0.1) is 0 Å². The van der Waals surface area contributed by atoms with E-state index in [1.807, 2.05) is 12.3 Å². The van der Waals surface area contributed by atoms with Gasteiger partial charge in [-0.05, 0) is 40.2 Å². The maximum absolute atomic E-state index is 12.5. The highest BCUT2D eigenvalue weighted by molar-refractivity contribution is 9.10. The van der Waals surface area contributed by atoms with Crippen molar-refractivity contribution in [3.05, 3.63) is 56.5 Å². The van der Waals surface area contributed by atoms with E-state index >= 15 is 0 Å². The van der Waals surface area contributed by atoms with Crippen LogP contribution in [0.25, 0.3) is 16.6 Å². The minimum atomic E-state index is -1.11. The SMILES string of the molecule is C[Si](C)(C)CCOCn1cc(-n2c(=O)ccc3cc(Cl)cc(Br)c32)cn1. The van der Waals surface area contributed by atoms with Crippen LogP contribution in [0.1, 0.15) is 0 Å². The second-order valence-electron chi connectivity index (χ2n) is 7.42. The van der Waals surface area contributed by atoms with Crippen LogP contribution in [0.15, 0.2) is 45.9 Å². The third-order valence-electron chi connectivity index (χ3n) is 4.00. The van der Waals surface area contributed by atoms with Crippen LogP contribution in [-0.4, -0.2) is 29.0 Å². The number of aromatic nitrogens is 3. The van der Waals surface area contributed by atoms with Crippen molar-refractivity contribution < 1.29 is 4.74 Å².